The standard InChI is InChI=1S/C18H22O6S/c1-13-5-6-17(22-3)18(11-13)25(20,21)24-16-10-14(2)9-15(12-16)23-8-4-7-19/h5-6,9-12,19H,4,7-8H2,1-3H3. The molecule has 0 saturated carbocycles. The minimum absolute atomic E-state index is 0.0245. The highest BCUT2D eigenvalue weighted by atomic mass is 32.2. The second kappa shape index (κ2) is 8.22. The Balaban J connectivity index is 2.30. The summed E-state index contributed by atoms with van der Waals surface area (Å²) >= 11 is 0. The second-order valence-corrected chi connectivity index (χ2v) is 7.11. The van der Waals surface area contributed by atoms with E-state index in [0.29, 0.717) is 18.8 Å². The predicted octanol–water partition coefficient (Wildman–Crippen LogP) is 2.84. The normalized spacial score (nSPS) is 11.2. The molecule has 0 amide bonds. The van der Waals surface area contributed by atoms with Crippen LogP contribution in [0.15, 0.2) is 41.3 Å². The van der Waals surface area contributed by atoms with Crippen LogP contribution in [0.5, 0.6) is 17.2 Å². The predicted molar refractivity (Wildman–Crippen MR) is 93.9 cm³/mol. The number of ether oxygens (including phenoxy) is 2. The monoisotopic (exact) mass is 366 g/mol. The van der Waals surface area contributed by atoms with E-state index in [1.165, 1.54) is 19.2 Å². The first-order valence-electron chi connectivity index (χ1n) is 7.80. The number of aryl methyl sites for hydroxylation is 2. The number of methoxy groups -OCH3 is 1. The van der Waals surface area contributed by atoms with Crippen molar-refractivity contribution in [1.82, 2.24) is 0 Å². The molecular weight excluding hydrogens is 344 g/mol. The van der Waals surface area contributed by atoms with Gasteiger partial charge in [0.1, 0.15) is 22.1 Å². The van der Waals surface area contributed by atoms with Gasteiger partial charge in [-0.15, -0.1) is 0 Å². The zero-order valence-electron chi connectivity index (χ0n) is 14.5. The largest absolute Gasteiger partial charge is 0.495 e. The molecule has 1 N–H and O–H groups in total. The molecule has 0 aliphatic carbocycles. The Labute approximate surface area is 148 Å². The van der Waals surface area contributed by atoms with Crippen LogP contribution in [-0.4, -0.2) is 33.8 Å². The van der Waals surface area contributed by atoms with Crippen LogP contribution in [0, 0.1) is 13.8 Å². The van der Waals surface area contributed by atoms with Crippen molar-refractivity contribution in [2.45, 2.75) is 25.2 Å². The molecule has 0 bridgehead atoms. The van der Waals surface area contributed by atoms with E-state index in [2.05, 4.69) is 0 Å². The van der Waals surface area contributed by atoms with E-state index in [0.717, 1.165) is 11.1 Å². The van der Waals surface area contributed by atoms with E-state index in [1.807, 2.05) is 6.92 Å². The van der Waals surface area contributed by atoms with E-state index in [9.17, 15) is 8.42 Å². The molecule has 25 heavy (non-hydrogen) atoms. The van der Waals surface area contributed by atoms with Gasteiger partial charge in [0.25, 0.3) is 0 Å². The van der Waals surface area contributed by atoms with Gasteiger partial charge >= 0.3 is 10.1 Å². The Kier molecular flexibility index (Phi) is 6.27. The molecule has 0 atom stereocenters. The summed E-state index contributed by atoms with van der Waals surface area (Å²) in [6.07, 6.45) is 0.489. The van der Waals surface area contributed by atoms with Gasteiger partial charge in [-0.3, -0.25) is 0 Å². The lowest BCUT2D eigenvalue weighted by molar-refractivity contribution is 0.233. The summed E-state index contributed by atoms with van der Waals surface area (Å²) in [6.45, 7) is 3.96. The van der Waals surface area contributed by atoms with Crippen molar-refractivity contribution in [3.05, 3.63) is 47.5 Å². The highest BCUT2D eigenvalue weighted by molar-refractivity contribution is 7.87. The molecule has 0 unspecified atom stereocenters. The molecule has 0 aliphatic heterocycles. The second-order valence-electron chi connectivity index (χ2n) is 5.60. The third-order valence-corrected chi connectivity index (χ3v) is 4.66. The molecule has 2 aromatic carbocycles. The number of hydrogen-bond acceptors (Lipinski definition) is 6. The minimum Gasteiger partial charge on any atom is -0.495 e. The van der Waals surface area contributed by atoms with E-state index >= 15 is 0 Å². The highest BCUT2D eigenvalue weighted by Crippen LogP contribution is 2.30. The molecule has 6 nitrogen and oxygen atoms in total. The molecule has 0 aromatic heterocycles. The Hall–Kier alpha value is -2.25. The SMILES string of the molecule is COc1ccc(C)cc1S(=O)(=O)Oc1cc(C)cc(OCCCO)c1. The molecule has 0 aliphatic rings. The van der Waals surface area contributed by atoms with E-state index in [1.54, 1.807) is 31.2 Å². The molecule has 0 fully saturated rings. The van der Waals surface area contributed by atoms with Crippen LogP contribution < -0.4 is 13.7 Å². The van der Waals surface area contributed by atoms with Gasteiger partial charge in [-0.05, 0) is 49.2 Å². The first-order valence-corrected chi connectivity index (χ1v) is 9.21. The molecule has 0 saturated heterocycles. The molecule has 0 radical (unpaired) electrons. The summed E-state index contributed by atoms with van der Waals surface area (Å²) in [7, 11) is -2.65. The fourth-order valence-electron chi connectivity index (χ4n) is 2.25. The zero-order chi connectivity index (χ0) is 18.4. The zero-order valence-corrected chi connectivity index (χ0v) is 15.3. The lowest BCUT2D eigenvalue weighted by atomic mass is 10.2. The van der Waals surface area contributed by atoms with Crippen LogP contribution in [0.25, 0.3) is 0 Å². The van der Waals surface area contributed by atoms with Gasteiger partial charge < -0.3 is 18.8 Å². The summed E-state index contributed by atoms with van der Waals surface area (Å²) in [5.41, 5.74) is 1.57. The van der Waals surface area contributed by atoms with Crippen molar-refractivity contribution in [2.75, 3.05) is 20.3 Å². The van der Waals surface area contributed by atoms with E-state index in [4.69, 9.17) is 18.8 Å². The molecule has 7 heteroatoms. The molecule has 2 rings (SSSR count). The quantitative estimate of drug-likeness (QED) is 0.571. The van der Waals surface area contributed by atoms with Gasteiger partial charge in [-0.25, -0.2) is 0 Å². The van der Waals surface area contributed by atoms with Crippen LogP contribution in [-0.2, 0) is 10.1 Å². The van der Waals surface area contributed by atoms with Crippen molar-refractivity contribution in [2.24, 2.45) is 0 Å². The van der Waals surface area contributed by atoms with Crippen LogP contribution in [0.4, 0.5) is 0 Å². The lowest BCUT2D eigenvalue weighted by Crippen LogP contribution is -2.12. The maximum Gasteiger partial charge on any atom is 0.342 e. The fraction of sp³-hybridized carbons (Fsp3) is 0.333. The molecular formula is C18H22O6S. The summed E-state index contributed by atoms with van der Waals surface area (Å²) in [5.74, 6) is 0.857. The van der Waals surface area contributed by atoms with Gasteiger partial charge in [0.2, 0.25) is 0 Å². The number of benzene rings is 2. The molecule has 136 valence electrons. The number of aliphatic hydroxyl groups excluding tert-OH is 1. The molecule has 2 aromatic rings. The van der Waals surface area contributed by atoms with Crippen LogP contribution in [0.3, 0.4) is 0 Å². The van der Waals surface area contributed by atoms with Gasteiger partial charge in [0.05, 0.1) is 13.7 Å². The van der Waals surface area contributed by atoms with E-state index < -0.39 is 10.1 Å². The third kappa shape index (κ3) is 5.11. The van der Waals surface area contributed by atoms with Crippen LogP contribution in [0.1, 0.15) is 17.5 Å². The minimum atomic E-state index is -4.06. The summed E-state index contributed by atoms with van der Waals surface area (Å²) in [4.78, 5) is -0.0285. The summed E-state index contributed by atoms with van der Waals surface area (Å²) in [6, 6.07) is 9.73. The van der Waals surface area contributed by atoms with Crippen molar-refractivity contribution in [3.63, 3.8) is 0 Å². The van der Waals surface area contributed by atoms with Gasteiger partial charge in [0.15, 0.2) is 0 Å². The first kappa shape index (κ1) is 19.1. The van der Waals surface area contributed by atoms with Crippen molar-refractivity contribution in [1.29, 1.82) is 0 Å². The third-order valence-electron chi connectivity index (χ3n) is 3.39. The Morgan fingerprint density at radius 3 is 2.40 bits per heavy atom. The summed E-state index contributed by atoms with van der Waals surface area (Å²) in [5, 5.41) is 8.81. The average Bonchev–Trinajstić information content (AvgIpc) is 2.54. The molecule has 0 spiro atoms. The first-order chi connectivity index (χ1) is 11.9. The number of rotatable bonds is 8. The van der Waals surface area contributed by atoms with Gasteiger partial charge in [-0.1, -0.05) is 6.07 Å². The van der Waals surface area contributed by atoms with Gasteiger partial charge in [-0.2, -0.15) is 8.42 Å². The van der Waals surface area contributed by atoms with Crippen LogP contribution in [0.2, 0.25) is 0 Å². The topological polar surface area (TPSA) is 82.1 Å². The fourth-order valence-corrected chi connectivity index (χ4v) is 3.42. The maximum atomic E-state index is 12.6. The Morgan fingerprint density at radius 2 is 1.72 bits per heavy atom. The highest BCUT2D eigenvalue weighted by Gasteiger charge is 2.22. The van der Waals surface area contributed by atoms with E-state index in [-0.39, 0.29) is 23.0 Å². The molecule has 0 heterocycles. The smallest absolute Gasteiger partial charge is 0.342 e. The average molecular weight is 366 g/mol. The van der Waals surface area contributed by atoms with Crippen molar-refractivity contribution >= 4 is 10.1 Å². The summed E-state index contributed by atoms with van der Waals surface area (Å²) < 4.78 is 41.2. The van der Waals surface area contributed by atoms with Gasteiger partial charge in [0, 0.05) is 19.1 Å². The Bertz CT molecular complexity index is 829. The van der Waals surface area contributed by atoms with Crippen molar-refractivity contribution < 1.29 is 27.2 Å². The number of aliphatic hydroxyl groups is 1. The van der Waals surface area contributed by atoms with Crippen LogP contribution >= 0.6 is 0 Å². The lowest BCUT2D eigenvalue weighted by Gasteiger charge is -2.13. The maximum absolute atomic E-state index is 12.6. The van der Waals surface area contributed by atoms with Crippen molar-refractivity contribution in [3.8, 4) is 17.2 Å². The Morgan fingerprint density at radius 1 is 1.00 bits per heavy atom. The number of hydrogen-bond donors (Lipinski definition) is 1.